The van der Waals surface area contributed by atoms with Gasteiger partial charge in [-0.2, -0.15) is 0 Å². The van der Waals surface area contributed by atoms with E-state index in [-0.39, 0.29) is 13.0 Å². The summed E-state index contributed by atoms with van der Waals surface area (Å²) in [5.41, 5.74) is 0. The van der Waals surface area contributed by atoms with Gasteiger partial charge in [0, 0.05) is 6.42 Å². The van der Waals surface area contributed by atoms with Crippen LogP contribution in [0.15, 0.2) is 30.3 Å². The molecule has 4 nitrogen and oxygen atoms in total. The lowest BCUT2D eigenvalue weighted by molar-refractivity contribution is -0.160. The average Bonchev–Trinajstić information content (AvgIpc) is 2.27. The van der Waals surface area contributed by atoms with Gasteiger partial charge in [-0.05, 0) is 12.1 Å². The van der Waals surface area contributed by atoms with Gasteiger partial charge >= 0.3 is 11.9 Å². The Morgan fingerprint density at radius 2 is 1.80 bits per heavy atom. The second kappa shape index (κ2) is 5.80. The van der Waals surface area contributed by atoms with E-state index in [0.717, 1.165) is 0 Å². The molecule has 0 saturated carbocycles. The molecule has 0 aliphatic rings. The maximum absolute atomic E-state index is 11.0. The monoisotopic (exact) mass is 208 g/mol. The van der Waals surface area contributed by atoms with Crippen LogP contribution in [0.5, 0.6) is 5.75 Å². The first-order valence-electron chi connectivity index (χ1n) is 4.63. The summed E-state index contributed by atoms with van der Waals surface area (Å²) in [6.07, 6.45) is 0.178. The fraction of sp³-hybridized carbons (Fsp3) is 0.273. The van der Waals surface area contributed by atoms with Crippen molar-refractivity contribution in [2.24, 2.45) is 0 Å². The molecule has 0 unspecified atom stereocenters. The number of carbonyl (C=O) groups is 2. The molecule has 0 saturated heterocycles. The van der Waals surface area contributed by atoms with Gasteiger partial charge in [-0.15, -0.1) is 0 Å². The standard InChI is InChI=1S/C11H12O4/c1-2-10(12)15-11(13)8-14-9-6-4-3-5-7-9/h3-7H,2,8H2,1H3. The maximum atomic E-state index is 11.0. The van der Waals surface area contributed by atoms with Crippen molar-refractivity contribution in [1.29, 1.82) is 0 Å². The van der Waals surface area contributed by atoms with Crippen LogP contribution in [0.2, 0.25) is 0 Å². The Morgan fingerprint density at radius 3 is 2.40 bits per heavy atom. The van der Waals surface area contributed by atoms with E-state index in [1.807, 2.05) is 6.07 Å². The Bertz CT molecular complexity index is 332. The molecule has 0 N–H and O–H groups in total. The van der Waals surface area contributed by atoms with Crippen molar-refractivity contribution in [3.8, 4) is 5.75 Å². The predicted molar refractivity (Wildman–Crippen MR) is 53.3 cm³/mol. The number of para-hydroxylation sites is 1. The smallest absolute Gasteiger partial charge is 0.351 e. The molecule has 0 bridgehead atoms. The summed E-state index contributed by atoms with van der Waals surface area (Å²) in [6, 6.07) is 8.85. The van der Waals surface area contributed by atoms with E-state index in [4.69, 9.17) is 4.74 Å². The van der Waals surface area contributed by atoms with Gasteiger partial charge in [-0.25, -0.2) is 4.79 Å². The van der Waals surface area contributed by atoms with Crippen molar-refractivity contribution in [3.05, 3.63) is 30.3 Å². The maximum Gasteiger partial charge on any atom is 0.351 e. The van der Waals surface area contributed by atoms with E-state index in [2.05, 4.69) is 4.74 Å². The minimum atomic E-state index is -0.675. The Hall–Kier alpha value is -1.84. The quantitative estimate of drug-likeness (QED) is 0.556. The van der Waals surface area contributed by atoms with Crippen LogP contribution in [0.25, 0.3) is 0 Å². The molecular formula is C11H12O4. The molecule has 0 atom stereocenters. The molecule has 80 valence electrons. The molecule has 0 fully saturated rings. The van der Waals surface area contributed by atoms with Gasteiger partial charge in [-0.3, -0.25) is 4.79 Å². The normalized spacial score (nSPS) is 9.40. The number of hydrogen-bond donors (Lipinski definition) is 0. The minimum Gasteiger partial charge on any atom is -0.482 e. The van der Waals surface area contributed by atoms with Crippen LogP contribution >= 0.6 is 0 Å². The lowest BCUT2D eigenvalue weighted by Crippen LogP contribution is -2.18. The molecule has 15 heavy (non-hydrogen) atoms. The molecule has 1 rings (SSSR count). The van der Waals surface area contributed by atoms with Crippen molar-refractivity contribution in [2.45, 2.75) is 13.3 Å². The largest absolute Gasteiger partial charge is 0.482 e. The fourth-order valence-electron chi connectivity index (χ4n) is 0.888. The van der Waals surface area contributed by atoms with Crippen molar-refractivity contribution in [1.82, 2.24) is 0 Å². The number of benzene rings is 1. The van der Waals surface area contributed by atoms with Crippen molar-refractivity contribution >= 4 is 11.9 Å². The molecular weight excluding hydrogens is 196 g/mol. The Balaban J connectivity index is 2.32. The predicted octanol–water partition coefficient (Wildman–Crippen LogP) is 1.55. The molecule has 1 aromatic carbocycles. The van der Waals surface area contributed by atoms with E-state index in [1.54, 1.807) is 31.2 Å². The Morgan fingerprint density at radius 1 is 1.13 bits per heavy atom. The molecule has 1 aromatic rings. The summed E-state index contributed by atoms with van der Waals surface area (Å²) in [4.78, 5) is 21.8. The molecule has 0 amide bonds. The lowest BCUT2D eigenvalue weighted by Gasteiger charge is -2.04. The Labute approximate surface area is 87.8 Å². The summed E-state index contributed by atoms with van der Waals surface area (Å²) >= 11 is 0. The van der Waals surface area contributed by atoms with Gasteiger partial charge in [0.1, 0.15) is 5.75 Å². The zero-order chi connectivity index (χ0) is 11.1. The zero-order valence-electron chi connectivity index (χ0n) is 8.43. The zero-order valence-corrected chi connectivity index (χ0v) is 8.43. The summed E-state index contributed by atoms with van der Waals surface area (Å²) in [5.74, 6) is -0.652. The van der Waals surface area contributed by atoms with Crippen LogP contribution in [-0.2, 0) is 14.3 Å². The van der Waals surface area contributed by atoms with Crippen LogP contribution in [0.3, 0.4) is 0 Å². The van der Waals surface area contributed by atoms with Gasteiger partial charge < -0.3 is 9.47 Å². The average molecular weight is 208 g/mol. The van der Waals surface area contributed by atoms with Crippen molar-refractivity contribution < 1.29 is 19.1 Å². The second-order valence-corrected chi connectivity index (χ2v) is 2.80. The summed E-state index contributed by atoms with van der Waals surface area (Å²) in [5, 5.41) is 0. The third kappa shape index (κ3) is 4.26. The molecule has 4 heteroatoms. The highest BCUT2D eigenvalue weighted by Gasteiger charge is 2.08. The molecule has 0 radical (unpaired) electrons. The van der Waals surface area contributed by atoms with E-state index in [9.17, 15) is 9.59 Å². The van der Waals surface area contributed by atoms with Gasteiger partial charge in [0.25, 0.3) is 0 Å². The van der Waals surface area contributed by atoms with Crippen molar-refractivity contribution in [3.63, 3.8) is 0 Å². The lowest BCUT2D eigenvalue weighted by atomic mass is 10.3. The number of rotatable bonds is 4. The third-order valence-electron chi connectivity index (χ3n) is 1.62. The molecule has 0 spiro atoms. The van der Waals surface area contributed by atoms with Gasteiger partial charge in [-0.1, -0.05) is 25.1 Å². The second-order valence-electron chi connectivity index (χ2n) is 2.80. The number of carbonyl (C=O) groups excluding carboxylic acids is 2. The SMILES string of the molecule is CCC(=O)OC(=O)COc1ccccc1. The number of hydrogen-bond acceptors (Lipinski definition) is 4. The van der Waals surface area contributed by atoms with Gasteiger partial charge in [0.2, 0.25) is 0 Å². The van der Waals surface area contributed by atoms with E-state index in [0.29, 0.717) is 5.75 Å². The van der Waals surface area contributed by atoms with Crippen LogP contribution in [-0.4, -0.2) is 18.5 Å². The van der Waals surface area contributed by atoms with Crippen LogP contribution < -0.4 is 4.74 Å². The van der Waals surface area contributed by atoms with Crippen molar-refractivity contribution in [2.75, 3.05) is 6.61 Å². The topological polar surface area (TPSA) is 52.6 Å². The number of esters is 2. The first-order chi connectivity index (χ1) is 7.22. The molecule has 0 aromatic heterocycles. The summed E-state index contributed by atoms with van der Waals surface area (Å²) in [7, 11) is 0. The first-order valence-corrected chi connectivity index (χ1v) is 4.63. The minimum absolute atomic E-state index is 0.178. The summed E-state index contributed by atoms with van der Waals surface area (Å²) < 4.78 is 9.50. The van der Waals surface area contributed by atoms with Crippen LogP contribution in [0.4, 0.5) is 0 Å². The Kier molecular flexibility index (Phi) is 4.34. The van der Waals surface area contributed by atoms with Gasteiger partial charge in [0.15, 0.2) is 6.61 Å². The third-order valence-corrected chi connectivity index (χ3v) is 1.62. The van der Waals surface area contributed by atoms with Crippen LogP contribution in [0, 0.1) is 0 Å². The highest BCUT2D eigenvalue weighted by molar-refractivity contribution is 5.85. The number of ether oxygens (including phenoxy) is 2. The van der Waals surface area contributed by atoms with Crippen LogP contribution in [0.1, 0.15) is 13.3 Å². The highest BCUT2D eigenvalue weighted by atomic mass is 16.6. The first kappa shape index (κ1) is 11.2. The molecule has 0 aliphatic heterocycles. The van der Waals surface area contributed by atoms with E-state index >= 15 is 0 Å². The van der Waals surface area contributed by atoms with E-state index < -0.39 is 11.9 Å². The fourth-order valence-corrected chi connectivity index (χ4v) is 0.888. The molecule has 0 aliphatic carbocycles. The van der Waals surface area contributed by atoms with E-state index in [1.165, 1.54) is 0 Å². The molecule has 0 heterocycles. The highest BCUT2D eigenvalue weighted by Crippen LogP contribution is 2.07. The summed E-state index contributed by atoms with van der Waals surface area (Å²) in [6.45, 7) is 1.36. The van der Waals surface area contributed by atoms with Gasteiger partial charge in [0.05, 0.1) is 0 Å².